The van der Waals surface area contributed by atoms with Crippen molar-refractivity contribution in [3.05, 3.63) is 29.6 Å². The first-order chi connectivity index (χ1) is 8.80. The summed E-state index contributed by atoms with van der Waals surface area (Å²) < 4.78 is 36.2. The van der Waals surface area contributed by atoms with Gasteiger partial charge in [0, 0.05) is 17.6 Å². The second-order valence-corrected chi connectivity index (χ2v) is 7.33. The van der Waals surface area contributed by atoms with Crippen LogP contribution in [0.25, 0.3) is 0 Å². The standard InChI is InChI=1S/C13H18FNO3S/c1-9(12-7-10(14)3-4-13(12)16)15(2)11-5-6-19(17,18)8-11/h3-4,7,9,11,16H,5-6,8H2,1-2H3. The maximum Gasteiger partial charge on any atom is 0.151 e. The van der Waals surface area contributed by atoms with Crippen molar-refractivity contribution < 1.29 is 17.9 Å². The van der Waals surface area contributed by atoms with E-state index in [4.69, 9.17) is 0 Å². The molecule has 19 heavy (non-hydrogen) atoms. The summed E-state index contributed by atoms with van der Waals surface area (Å²) in [6.07, 6.45) is 0.583. The van der Waals surface area contributed by atoms with Crippen LogP contribution in [0.15, 0.2) is 18.2 Å². The number of halogens is 1. The van der Waals surface area contributed by atoms with Crippen molar-refractivity contribution in [2.24, 2.45) is 0 Å². The van der Waals surface area contributed by atoms with Gasteiger partial charge in [0.1, 0.15) is 11.6 Å². The van der Waals surface area contributed by atoms with Crippen LogP contribution in [0, 0.1) is 5.82 Å². The lowest BCUT2D eigenvalue weighted by Crippen LogP contribution is -2.34. The van der Waals surface area contributed by atoms with E-state index in [2.05, 4.69) is 0 Å². The van der Waals surface area contributed by atoms with Crippen molar-refractivity contribution in [1.29, 1.82) is 0 Å². The molecule has 1 heterocycles. The van der Waals surface area contributed by atoms with Crippen LogP contribution >= 0.6 is 0 Å². The summed E-state index contributed by atoms with van der Waals surface area (Å²) in [5.74, 6) is -0.0537. The normalized spacial score (nSPS) is 23.7. The Morgan fingerprint density at radius 1 is 1.47 bits per heavy atom. The van der Waals surface area contributed by atoms with Crippen molar-refractivity contribution in [2.75, 3.05) is 18.6 Å². The second-order valence-electron chi connectivity index (χ2n) is 5.10. The Labute approximate surface area is 112 Å². The quantitative estimate of drug-likeness (QED) is 0.919. The highest BCUT2D eigenvalue weighted by Gasteiger charge is 2.33. The minimum absolute atomic E-state index is 0.0293. The predicted molar refractivity (Wildman–Crippen MR) is 71.3 cm³/mol. The van der Waals surface area contributed by atoms with Gasteiger partial charge < -0.3 is 5.11 Å². The van der Waals surface area contributed by atoms with Crippen LogP contribution in [0.1, 0.15) is 24.9 Å². The first-order valence-corrected chi connectivity index (χ1v) is 8.03. The number of nitrogens with zero attached hydrogens (tertiary/aromatic N) is 1. The molecule has 0 spiro atoms. The highest BCUT2D eigenvalue weighted by atomic mass is 32.2. The third kappa shape index (κ3) is 3.06. The predicted octanol–water partition coefficient (Wildman–Crippen LogP) is 1.71. The van der Waals surface area contributed by atoms with Gasteiger partial charge in [-0.2, -0.15) is 0 Å². The zero-order chi connectivity index (χ0) is 14.2. The van der Waals surface area contributed by atoms with Crippen molar-refractivity contribution in [3.63, 3.8) is 0 Å². The molecule has 1 aliphatic rings. The van der Waals surface area contributed by atoms with Gasteiger partial charge in [0.05, 0.1) is 11.5 Å². The third-order valence-corrected chi connectivity index (χ3v) is 5.59. The molecule has 4 nitrogen and oxygen atoms in total. The fraction of sp³-hybridized carbons (Fsp3) is 0.538. The van der Waals surface area contributed by atoms with Gasteiger partial charge in [-0.25, -0.2) is 12.8 Å². The number of benzene rings is 1. The Morgan fingerprint density at radius 2 is 2.16 bits per heavy atom. The SMILES string of the molecule is CC(c1cc(F)ccc1O)N(C)C1CCS(=O)(=O)C1. The molecule has 1 aromatic rings. The fourth-order valence-corrected chi connectivity index (χ4v) is 4.28. The summed E-state index contributed by atoms with van der Waals surface area (Å²) in [4.78, 5) is 1.89. The molecule has 2 unspecified atom stereocenters. The number of hydrogen-bond acceptors (Lipinski definition) is 4. The van der Waals surface area contributed by atoms with E-state index in [1.807, 2.05) is 11.8 Å². The molecular formula is C13H18FNO3S. The van der Waals surface area contributed by atoms with Crippen LogP contribution in [-0.2, 0) is 9.84 Å². The Kier molecular flexibility index (Phi) is 3.82. The van der Waals surface area contributed by atoms with Crippen LogP contribution in [-0.4, -0.2) is 43.0 Å². The first kappa shape index (κ1) is 14.3. The van der Waals surface area contributed by atoms with Crippen LogP contribution in [0.2, 0.25) is 0 Å². The molecule has 0 saturated carbocycles. The lowest BCUT2D eigenvalue weighted by molar-refractivity contribution is 0.197. The average molecular weight is 287 g/mol. The molecule has 6 heteroatoms. The Balaban J connectivity index is 2.19. The molecule has 1 aliphatic heterocycles. The molecule has 1 N–H and O–H groups in total. The second kappa shape index (κ2) is 5.09. The maximum absolute atomic E-state index is 13.2. The van der Waals surface area contributed by atoms with Gasteiger partial charge in [0.2, 0.25) is 0 Å². The van der Waals surface area contributed by atoms with Crippen LogP contribution in [0.5, 0.6) is 5.75 Å². The van der Waals surface area contributed by atoms with Crippen LogP contribution < -0.4 is 0 Å². The summed E-state index contributed by atoms with van der Waals surface area (Å²) >= 11 is 0. The van der Waals surface area contributed by atoms with Gasteiger partial charge in [-0.15, -0.1) is 0 Å². The highest BCUT2D eigenvalue weighted by molar-refractivity contribution is 7.91. The smallest absolute Gasteiger partial charge is 0.151 e. The van der Waals surface area contributed by atoms with Gasteiger partial charge in [-0.05, 0) is 38.6 Å². The number of phenols is 1. The van der Waals surface area contributed by atoms with Gasteiger partial charge in [-0.3, -0.25) is 4.90 Å². The molecule has 1 saturated heterocycles. The zero-order valence-corrected chi connectivity index (χ0v) is 11.8. The summed E-state index contributed by atoms with van der Waals surface area (Å²) in [6.45, 7) is 1.83. The molecule has 0 radical (unpaired) electrons. The zero-order valence-electron chi connectivity index (χ0n) is 11.0. The molecule has 2 rings (SSSR count). The Morgan fingerprint density at radius 3 is 2.74 bits per heavy atom. The van der Waals surface area contributed by atoms with Crippen molar-refractivity contribution in [2.45, 2.75) is 25.4 Å². The molecule has 0 aliphatic carbocycles. The molecule has 0 bridgehead atoms. The molecule has 1 aromatic carbocycles. The van der Waals surface area contributed by atoms with E-state index in [0.717, 1.165) is 0 Å². The number of phenolic OH excluding ortho intramolecular Hbond substituents is 1. The van der Waals surface area contributed by atoms with Gasteiger partial charge >= 0.3 is 0 Å². The van der Waals surface area contributed by atoms with Crippen LogP contribution in [0.4, 0.5) is 4.39 Å². The molecule has 1 fully saturated rings. The monoisotopic (exact) mass is 287 g/mol. The van der Waals surface area contributed by atoms with E-state index in [1.54, 1.807) is 7.05 Å². The number of hydrogen-bond donors (Lipinski definition) is 1. The number of rotatable bonds is 3. The average Bonchev–Trinajstić information content (AvgIpc) is 2.71. The highest BCUT2D eigenvalue weighted by Crippen LogP contribution is 2.31. The summed E-state index contributed by atoms with van der Waals surface area (Å²) in [7, 11) is -1.15. The lowest BCUT2D eigenvalue weighted by Gasteiger charge is -2.30. The van der Waals surface area contributed by atoms with Gasteiger partial charge in [0.15, 0.2) is 9.84 Å². The number of sulfone groups is 1. The van der Waals surface area contributed by atoms with E-state index < -0.39 is 15.7 Å². The fourth-order valence-electron chi connectivity index (χ4n) is 2.49. The van der Waals surface area contributed by atoms with E-state index in [9.17, 15) is 17.9 Å². The third-order valence-electron chi connectivity index (χ3n) is 3.83. The number of aromatic hydroxyl groups is 1. The van der Waals surface area contributed by atoms with E-state index in [0.29, 0.717) is 12.0 Å². The minimum Gasteiger partial charge on any atom is -0.508 e. The van der Waals surface area contributed by atoms with E-state index in [-0.39, 0.29) is 29.3 Å². The largest absolute Gasteiger partial charge is 0.508 e. The molecule has 0 aromatic heterocycles. The minimum atomic E-state index is -2.95. The molecule has 106 valence electrons. The Hall–Kier alpha value is -1.14. The van der Waals surface area contributed by atoms with Crippen molar-refractivity contribution in [3.8, 4) is 5.75 Å². The summed E-state index contributed by atoms with van der Waals surface area (Å²) in [6, 6.07) is 3.49. The van der Waals surface area contributed by atoms with Crippen molar-refractivity contribution >= 4 is 9.84 Å². The van der Waals surface area contributed by atoms with Gasteiger partial charge in [-0.1, -0.05) is 0 Å². The molecular weight excluding hydrogens is 269 g/mol. The molecule has 0 amide bonds. The van der Waals surface area contributed by atoms with Crippen LogP contribution in [0.3, 0.4) is 0 Å². The maximum atomic E-state index is 13.2. The van der Waals surface area contributed by atoms with E-state index >= 15 is 0 Å². The van der Waals surface area contributed by atoms with E-state index in [1.165, 1.54) is 18.2 Å². The first-order valence-electron chi connectivity index (χ1n) is 6.21. The topological polar surface area (TPSA) is 57.6 Å². The summed E-state index contributed by atoms with van der Waals surface area (Å²) in [5.41, 5.74) is 0.479. The summed E-state index contributed by atoms with van der Waals surface area (Å²) in [5, 5.41) is 9.79. The Bertz CT molecular complexity index is 573. The lowest BCUT2D eigenvalue weighted by atomic mass is 10.0. The van der Waals surface area contributed by atoms with Gasteiger partial charge in [0.25, 0.3) is 0 Å². The van der Waals surface area contributed by atoms with Crippen molar-refractivity contribution in [1.82, 2.24) is 4.90 Å². The molecule has 2 atom stereocenters.